The van der Waals surface area contributed by atoms with E-state index in [1.165, 1.54) is 17.7 Å². The van der Waals surface area contributed by atoms with Crippen LogP contribution in [-0.2, 0) is 15.6 Å². The Kier molecular flexibility index (Phi) is 3.40. The van der Waals surface area contributed by atoms with Crippen molar-refractivity contribution in [3.05, 3.63) is 17.4 Å². The highest BCUT2D eigenvalue weighted by molar-refractivity contribution is 7.92. The fourth-order valence-corrected chi connectivity index (χ4v) is 3.87. The first kappa shape index (κ1) is 12.4. The molecule has 0 spiro atoms. The van der Waals surface area contributed by atoms with E-state index in [2.05, 4.69) is 14.3 Å². The van der Waals surface area contributed by atoms with E-state index in [9.17, 15) is 8.42 Å². The molecule has 0 N–H and O–H groups in total. The number of nitrogens with zero attached hydrogens (tertiary/aromatic N) is 4. The Bertz CT molecular complexity index is 588. The average molecular weight is 290 g/mol. The molecular weight excluding hydrogens is 280 g/mol. The zero-order valence-corrected chi connectivity index (χ0v) is 11.6. The molecule has 6 nitrogen and oxygen atoms in total. The van der Waals surface area contributed by atoms with Gasteiger partial charge < -0.3 is 4.90 Å². The Morgan fingerprint density at radius 3 is 2.71 bits per heavy atom. The van der Waals surface area contributed by atoms with Crippen LogP contribution >= 0.6 is 22.9 Å². The zero-order chi connectivity index (χ0) is 12.5. The first-order chi connectivity index (χ1) is 7.99. The molecule has 0 fully saturated rings. The summed E-state index contributed by atoms with van der Waals surface area (Å²) in [6, 6.07) is 0. The molecule has 2 aromatic heterocycles. The Morgan fingerprint density at radius 1 is 1.41 bits per heavy atom. The number of rotatable bonds is 4. The van der Waals surface area contributed by atoms with Gasteiger partial charge >= 0.3 is 0 Å². The Labute approximate surface area is 107 Å². The van der Waals surface area contributed by atoms with Crippen LogP contribution in [-0.4, -0.2) is 36.9 Å². The van der Waals surface area contributed by atoms with Crippen molar-refractivity contribution < 1.29 is 8.42 Å². The van der Waals surface area contributed by atoms with Crippen LogP contribution in [0.1, 0.15) is 5.82 Å². The highest BCUT2D eigenvalue weighted by Gasteiger charge is 2.21. The van der Waals surface area contributed by atoms with Crippen molar-refractivity contribution in [3.63, 3.8) is 0 Å². The van der Waals surface area contributed by atoms with Crippen LogP contribution < -0.4 is 4.90 Å². The lowest BCUT2D eigenvalue weighted by molar-refractivity contribution is 0.593. The van der Waals surface area contributed by atoms with Gasteiger partial charge in [0.2, 0.25) is 19.3 Å². The number of anilines is 1. The van der Waals surface area contributed by atoms with Crippen LogP contribution in [0.25, 0.3) is 0 Å². The van der Waals surface area contributed by atoms with Crippen molar-refractivity contribution in [2.45, 2.75) is 10.1 Å². The van der Waals surface area contributed by atoms with Crippen molar-refractivity contribution in [2.24, 2.45) is 0 Å². The van der Waals surface area contributed by atoms with E-state index < -0.39 is 9.84 Å². The molecule has 0 radical (unpaired) electrons. The molecule has 92 valence electrons. The molecular formula is C8H10N4O2S3. The maximum atomic E-state index is 11.9. The van der Waals surface area contributed by atoms with Crippen molar-refractivity contribution in [1.82, 2.24) is 14.3 Å². The van der Waals surface area contributed by atoms with Crippen LogP contribution in [0, 0.1) is 0 Å². The second-order valence-corrected chi connectivity index (χ2v) is 7.23. The summed E-state index contributed by atoms with van der Waals surface area (Å²) in [5.41, 5.74) is 0. The van der Waals surface area contributed by atoms with E-state index in [0.29, 0.717) is 11.0 Å². The summed E-state index contributed by atoms with van der Waals surface area (Å²) in [7, 11) is 0.254. The lowest BCUT2D eigenvalue weighted by Gasteiger charge is -2.04. The number of thiazole rings is 1. The predicted octanol–water partition coefficient (Wildman–Crippen LogP) is 1.03. The molecule has 2 rings (SSSR count). The number of sulfone groups is 1. The van der Waals surface area contributed by atoms with Gasteiger partial charge in [-0.3, -0.25) is 0 Å². The van der Waals surface area contributed by atoms with Crippen molar-refractivity contribution in [2.75, 3.05) is 19.0 Å². The summed E-state index contributed by atoms with van der Waals surface area (Å²) in [6.45, 7) is 0. The molecule has 0 aliphatic carbocycles. The molecule has 0 aliphatic heterocycles. The topological polar surface area (TPSA) is 76.1 Å². The molecule has 17 heavy (non-hydrogen) atoms. The third-order valence-electron chi connectivity index (χ3n) is 1.83. The maximum absolute atomic E-state index is 11.9. The summed E-state index contributed by atoms with van der Waals surface area (Å²) in [6.07, 6.45) is 1.47. The summed E-state index contributed by atoms with van der Waals surface area (Å²) >= 11 is 2.28. The van der Waals surface area contributed by atoms with E-state index in [-0.39, 0.29) is 10.1 Å². The molecule has 0 aliphatic rings. The summed E-state index contributed by atoms with van der Waals surface area (Å²) in [4.78, 5) is 9.72. The summed E-state index contributed by atoms with van der Waals surface area (Å²) < 4.78 is 27.9. The molecule has 0 amide bonds. The smallest absolute Gasteiger partial charge is 0.212 e. The van der Waals surface area contributed by atoms with Gasteiger partial charge in [-0.25, -0.2) is 18.4 Å². The minimum Gasteiger partial charge on any atom is -0.353 e. The van der Waals surface area contributed by atoms with Gasteiger partial charge in [0.05, 0.1) is 0 Å². The van der Waals surface area contributed by atoms with E-state index in [1.54, 1.807) is 10.3 Å². The van der Waals surface area contributed by atoms with E-state index >= 15 is 0 Å². The van der Waals surface area contributed by atoms with Gasteiger partial charge in [-0.05, 0) is 0 Å². The number of hydrogen-bond acceptors (Lipinski definition) is 8. The molecule has 0 aromatic carbocycles. The van der Waals surface area contributed by atoms with Crippen LogP contribution in [0.5, 0.6) is 0 Å². The van der Waals surface area contributed by atoms with E-state index in [4.69, 9.17) is 0 Å². The van der Waals surface area contributed by atoms with Crippen LogP contribution in [0.4, 0.5) is 5.13 Å². The second-order valence-electron chi connectivity index (χ2n) is 3.44. The number of hydrogen-bond donors (Lipinski definition) is 0. The molecule has 0 atom stereocenters. The van der Waals surface area contributed by atoms with Gasteiger partial charge in [0.25, 0.3) is 0 Å². The molecule has 0 saturated carbocycles. The standard InChI is InChI=1S/C8H10N4O2S3/c1-12(2)7-10-6(11-16-7)5-17(13,14)8-9-3-4-15-8/h3-4H,5H2,1-2H3. The Morgan fingerprint density at radius 2 is 2.18 bits per heavy atom. The van der Waals surface area contributed by atoms with Crippen molar-refractivity contribution in [3.8, 4) is 0 Å². The number of aromatic nitrogens is 3. The lowest BCUT2D eigenvalue weighted by Crippen LogP contribution is -2.09. The molecule has 0 bridgehead atoms. The van der Waals surface area contributed by atoms with Crippen molar-refractivity contribution in [1.29, 1.82) is 0 Å². The van der Waals surface area contributed by atoms with E-state index in [0.717, 1.165) is 11.3 Å². The van der Waals surface area contributed by atoms with Gasteiger partial charge in [0.15, 0.2) is 5.82 Å². The van der Waals surface area contributed by atoms with Gasteiger partial charge in [0.1, 0.15) is 5.75 Å². The zero-order valence-electron chi connectivity index (χ0n) is 9.19. The van der Waals surface area contributed by atoms with Crippen LogP contribution in [0.2, 0.25) is 0 Å². The average Bonchev–Trinajstić information content (AvgIpc) is 2.85. The van der Waals surface area contributed by atoms with Crippen molar-refractivity contribution >= 4 is 37.8 Å². The third-order valence-corrected chi connectivity index (χ3v) is 5.65. The second kappa shape index (κ2) is 4.67. The van der Waals surface area contributed by atoms with Gasteiger partial charge in [-0.1, -0.05) is 0 Å². The SMILES string of the molecule is CN(C)c1nc(CS(=O)(=O)c2nccs2)ns1. The maximum Gasteiger partial charge on any atom is 0.212 e. The third kappa shape index (κ3) is 2.79. The highest BCUT2D eigenvalue weighted by atomic mass is 32.2. The first-order valence-electron chi connectivity index (χ1n) is 4.61. The molecule has 2 aromatic rings. The van der Waals surface area contributed by atoms with Crippen LogP contribution in [0.15, 0.2) is 15.9 Å². The highest BCUT2D eigenvalue weighted by Crippen LogP contribution is 2.20. The predicted molar refractivity (Wildman–Crippen MR) is 67.2 cm³/mol. The molecule has 9 heteroatoms. The normalized spacial score (nSPS) is 11.6. The molecule has 2 heterocycles. The summed E-state index contributed by atoms with van der Waals surface area (Å²) in [5.74, 6) is 0.110. The quantitative estimate of drug-likeness (QED) is 0.837. The molecule has 0 unspecified atom stereocenters. The Hall–Kier alpha value is -1.06. The van der Waals surface area contributed by atoms with Gasteiger partial charge in [-0.15, -0.1) is 11.3 Å². The summed E-state index contributed by atoms with van der Waals surface area (Å²) in [5, 5.41) is 2.32. The van der Waals surface area contributed by atoms with Crippen LogP contribution in [0.3, 0.4) is 0 Å². The first-order valence-corrected chi connectivity index (χ1v) is 7.92. The van der Waals surface area contributed by atoms with E-state index in [1.807, 2.05) is 14.1 Å². The Balaban J connectivity index is 2.21. The fraction of sp³-hybridized carbons (Fsp3) is 0.375. The monoisotopic (exact) mass is 290 g/mol. The fourth-order valence-electron chi connectivity index (χ4n) is 1.08. The lowest BCUT2D eigenvalue weighted by atomic mass is 10.7. The molecule has 0 saturated heterocycles. The van der Waals surface area contributed by atoms with Gasteiger partial charge in [-0.2, -0.15) is 4.37 Å². The largest absolute Gasteiger partial charge is 0.353 e. The minimum absolute atomic E-state index is 0.110. The minimum atomic E-state index is -3.41. The van der Waals surface area contributed by atoms with Gasteiger partial charge in [0, 0.05) is 37.2 Å².